The summed E-state index contributed by atoms with van der Waals surface area (Å²) in [4.78, 5) is 27.8. The van der Waals surface area contributed by atoms with Crippen molar-refractivity contribution in [2.75, 3.05) is 0 Å². The minimum Gasteiger partial charge on any atom is -0.448 e. The third kappa shape index (κ3) is 3.96. The number of esters is 1. The van der Waals surface area contributed by atoms with Crippen LogP contribution in [0, 0.1) is 34.6 Å². The van der Waals surface area contributed by atoms with Gasteiger partial charge in [-0.25, -0.2) is 17.6 Å². The largest absolute Gasteiger partial charge is 0.448 e. The maximum Gasteiger partial charge on any atom is 0.327 e. The van der Waals surface area contributed by atoms with Crippen LogP contribution in [0.3, 0.4) is 0 Å². The Hall–Kier alpha value is -4.72. The number of halogens is 4. The van der Waals surface area contributed by atoms with Crippen molar-refractivity contribution in [2.45, 2.75) is 18.4 Å². The molecular formula is C33H23F4NO3. The molecule has 2 aliphatic rings. The van der Waals surface area contributed by atoms with Gasteiger partial charge in [-0.15, -0.1) is 0 Å². The van der Waals surface area contributed by atoms with Crippen molar-refractivity contribution in [3.05, 3.63) is 148 Å². The van der Waals surface area contributed by atoms with E-state index in [1.165, 1.54) is 97.1 Å². The second-order valence-corrected chi connectivity index (χ2v) is 10.3. The average molecular weight is 558 g/mol. The number of rotatable bonds is 5. The molecule has 1 saturated heterocycles. The molecule has 1 saturated carbocycles. The van der Waals surface area contributed by atoms with Gasteiger partial charge in [-0.1, -0.05) is 48.5 Å². The van der Waals surface area contributed by atoms with Gasteiger partial charge in [0, 0.05) is 17.0 Å². The van der Waals surface area contributed by atoms with Crippen LogP contribution in [-0.4, -0.2) is 11.9 Å². The van der Waals surface area contributed by atoms with Crippen molar-refractivity contribution in [3.8, 4) is 0 Å². The SMILES string of the molecule is NC(=O)[C@@]12C(=O)OC(c3ccc(F)cc3)(c3ccc(F)cc3)[C@@H]1CCC2=C(c1ccc(F)cc1)c1ccc(F)cc1. The number of carbonyl (C=O) groups excluding carboxylic acids is 2. The van der Waals surface area contributed by atoms with Crippen LogP contribution in [0.1, 0.15) is 35.1 Å². The van der Waals surface area contributed by atoms with Crippen LogP contribution in [0.5, 0.6) is 0 Å². The summed E-state index contributed by atoms with van der Waals surface area (Å²) >= 11 is 0. The molecule has 4 aromatic carbocycles. The maximum atomic E-state index is 14.2. The first-order chi connectivity index (χ1) is 19.7. The van der Waals surface area contributed by atoms with Gasteiger partial charge in [-0.05, 0) is 83.6 Å². The van der Waals surface area contributed by atoms with E-state index >= 15 is 0 Å². The fourth-order valence-electron chi connectivity index (χ4n) is 6.56. The Labute approximate surface area is 233 Å². The summed E-state index contributed by atoms with van der Waals surface area (Å²) in [6.45, 7) is 0. The van der Waals surface area contributed by atoms with E-state index in [9.17, 15) is 27.2 Å². The smallest absolute Gasteiger partial charge is 0.327 e. The van der Waals surface area contributed by atoms with E-state index in [0.717, 1.165) is 0 Å². The highest BCUT2D eigenvalue weighted by atomic mass is 19.1. The maximum absolute atomic E-state index is 14.2. The molecule has 1 aliphatic carbocycles. The standard InChI is InChI=1S/C33H23F4NO3/c34-23-9-1-19(2-10-23)29(20-3-11-24(35)12-4-20)27-17-18-28-32(27,30(38)39)31(40)41-33(28,21-5-13-25(36)14-6-21)22-7-15-26(37)16-8-22/h1-16,28H,17-18H2,(H2,38,39)/t28-,32+/m1/s1. The summed E-state index contributed by atoms with van der Waals surface area (Å²) in [6, 6.07) is 21.7. The lowest BCUT2D eigenvalue weighted by atomic mass is 9.64. The molecule has 41 heavy (non-hydrogen) atoms. The number of ether oxygens (including phenoxy) is 1. The van der Waals surface area contributed by atoms with Crippen LogP contribution in [0.4, 0.5) is 17.6 Å². The van der Waals surface area contributed by atoms with Gasteiger partial charge in [0.15, 0.2) is 11.0 Å². The van der Waals surface area contributed by atoms with Crippen LogP contribution < -0.4 is 5.73 Å². The molecule has 1 heterocycles. The molecule has 6 rings (SSSR count). The molecule has 4 nitrogen and oxygen atoms in total. The Bertz CT molecular complexity index is 1590. The average Bonchev–Trinajstić information content (AvgIpc) is 3.48. The molecule has 1 amide bonds. The Morgan fingerprint density at radius 3 is 1.46 bits per heavy atom. The quantitative estimate of drug-likeness (QED) is 0.175. The minimum atomic E-state index is -1.99. The first-order valence-electron chi connectivity index (χ1n) is 13.0. The summed E-state index contributed by atoms with van der Waals surface area (Å²) < 4.78 is 62.1. The lowest BCUT2D eigenvalue weighted by molar-refractivity contribution is -0.153. The number of hydrogen-bond acceptors (Lipinski definition) is 3. The lowest BCUT2D eigenvalue weighted by Gasteiger charge is -2.35. The van der Waals surface area contributed by atoms with Gasteiger partial charge >= 0.3 is 5.97 Å². The number of amides is 1. The predicted octanol–water partition coefficient (Wildman–Crippen LogP) is 6.43. The second kappa shape index (κ2) is 9.73. The van der Waals surface area contributed by atoms with Crippen LogP contribution in [-0.2, 0) is 19.9 Å². The van der Waals surface area contributed by atoms with Gasteiger partial charge in [0.1, 0.15) is 23.3 Å². The van der Waals surface area contributed by atoms with E-state index in [4.69, 9.17) is 10.5 Å². The van der Waals surface area contributed by atoms with Crippen molar-refractivity contribution in [1.29, 1.82) is 0 Å². The zero-order valence-electron chi connectivity index (χ0n) is 21.5. The first kappa shape index (κ1) is 26.5. The van der Waals surface area contributed by atoms with Gasteiger partial charge in [0.05, 0.1) is 0 Å². The van der Waals surface area contributed by atoms with Gasteiger partial charge in [-0.2, -0.15) is 0 Å². The van der Waals surface area contributed by atoms with E-state index < -0.39 is 52.1 Å². The molecule has 1 aliphatic heterocycles. The Kier molecular flexibility index (Phi) is 6.29. The summed E-state index contributed by atoms with van der Waals surface area (Å²) in [7, 11) is 0. The number of carbonyl (C=O) groups is 2. The molecule has 0 bridgehead atoms. The topological polar surface area (TPSA) is 69.4 Å². The van der Waals surface area contributed by atoms with Gasteiger partial charge in [0.25, 0.3) is 0 Å². The van der Waals surface area contributed by atoms with Crippen molar-refractivity contribution < 1.29 is 31.9 Å². The zero-order chi connectivity index (χ0) is 28.9. The number of cyclic esters (lactones) is 1. The zero-order valence-corrected chi connectivity index (χ0v) is 21.5. The molecule has 2 N–H and O–H groups in total. The Balaban J connectivity index is 1.67. The summed E-state index contributed by atoms with van der Waals surface area (Å²) in [5.74, 6) is -4.77. The molecule has 0 unspecified atom stereocenters. The highest BCUT2D eigenvalue weighted by Gasteiger charge is 2.73. The highest BCUT2D eigenvalue weighted by Crippen LogP contribution is 2.65. The fraction of sp³-hybridized carbons (Fsp3) is 0.152. The fourth-order valence-corrected chi connectivity index (χ4v) is 6.56. The van der Waals surface area contributed by atoms with Gasteiger partial charge in [0.2, 0.25) is 5.91 Å². The van der Waals surface area contributed by atoms with E-state index in [1.54, 1.807) is 0 Å². The van der Waals surface area contributed by atoms with Crippen molar-refractivity contribution in [2.24, 2.45) is 17.1 Å². The Morgan fingerprint density at radius 1 is 0.683 bits per heavy atom. The molecule has 8 heteroatoms. The number of nitrogens with two attached hydrogens (primary N) is 1. The second-order valence-electron chi connectivity index (χ2n) is 10.3. The van der Waals surface area contributed by atoms with Crippen LogP contribution in [0.2, 0.25) is 0 Å². The predicted molar refractivity (Wildman–Crippen MR) is 143 cm³/mol. The molecule has 2 fully saturated rings. The summed E-state index contributed by atoms with van der Waals surface area (Å²) in [6.07, 6.45) is 0.460. The van der Waals surface area contributed by atoms with Gasteiger partial charge < -0.3 is 10.5 Å². The third-order valence-corrected chi connectivity index (χ3v) is 8.25. The number of benzene rings is 4. The van der Waals surface area contributed by atoms with Crippen molar-refractivity contribution >= 4 is 17.4 Å². The number of primary amides is 1. The number of hydrogen-bond donors (Lipinski definition) is 1. The Morgan fingerprint density at radius 2 is 1.07 bits per heavy atom. The molecule has 2 atom stereocenters. The molecule has 4 aromatic rings. The van der Waals surface area contributed by atoms with E-state index in [0.29, 0.717) is 33.4 Å². The normalized spacial score (nSPS) is 20.9. The molecule has 0 aromatic heterocycles. The molecular weight excluding hydrogens is 534 g/mol. The number of fused-ring (bicyclic) bond motifs is 1. The first-order valence-corrected chi connectivity index (χ1v) is 13.0. The molecule has 0 spiro atoms. The monoisotopic (exact) mass is 557 g/mol. The lowest BCUT2D eigenvalue weighted by Crippen LogP contribution is -2.46. The van der Waals surface area contributed by atoms with Crippen LogP contribution in [0.25, 0.3) is 5.57 Å². The molecule has 0 radical (unpaired) electrons. The summed E-state index contributed by atoms with van der Waals surface area (Å²) in [5, 5.41) is 0. The van der Waals surface area contributed by atoms with Gasteiger partial charge in [-0.3, -0.25) is 9.59 Å². The van der Waals surface area contributed by atoms with Crippen molar-refractivity contribution in [1.82, 2.24) is 0 Å². The van der Waals surface area contributed by atoms with Crippen LogP contribution >= 0.6 is 0 Å². The van der Waals surface area contributed by atoms with E-state index in [2.05, 4.69) is 0 Å². The van der Waals surface area contributed by atoms with E-state index in [1.807, 2.05) is 0 Å². The van der Waals surface area contributed by atoms with Crippen LogP contribution in [0.15, 0.2) is 103 Å². The minimum absolute atomic E-state index is 0.219. The third-order valence-electron chi connectivity index (χ3n) is 8.25. The van der Waals surface area contributed by atoms with E-state index in [-0.39, 0.29) is 12.8 Å². The van der Waals surface area contributed by atoms with Crippen molar-refractivity contribution in [3.63, 3.8) is 0 Å². The molecule has 206 valence electrons. The summed E-state index contributed by atoms with van der Waals surface area (Å²) in [5.41, 5.74) is 5.05. The highest BCUT2D eigenvalue weighted by molar-refractivity contribution is 6.11.